The number of carbonyl (C=O) groups excluding carboxylic acids is 2. The second-order valence-corrected chi connectivity index (χ2v) is 10.3. The van der Waals surface area contributed by atoms with Crippen LogP contribution in [0.2, 0.25) is 0 Å². The minimum atomic E-state index is -0.583. The third-order valence-electron chi connectivity index (χ3n) is 5.91. The number of nitrogens with zero attached hydrogens (tertiary/aromatic N) is 2. The predicted molar refractivity (Wildman–Crippen MR) is 148 cm³/mol. The summed E-state index contributed by atoms with van der Waals surface area (Å²) in [4.78, 5) is 33.9. The van der Waals surface area contributed by atoms with Crippen molar-refractivity contribution in [3.05, 3.63) is 60.2 Å². The number of benzene rings is 1. The van der Waals surface area contributed by atoms with Gasteiger partial charge in [-0.25, -0.2) is 9.78 Å². The number of amides is 1. The molecule has 0 spiro atoms. The largest absolute Gasteiger partial charge is 0.443 e. The van der Waals surface area contributed by atoms with E-state index in [4.69, 9.17) is 4.74 Å². The second-order valence-electron chi connectivity index (χ2n) is 10.3. The molecule has 0 saturated heterocycles. The van der Waals surface area contributed by atoms with Crippen LogP contribution in [-0.2, 0) is 4.74 Å². The van der Waals surface area contributed by atoms with Gasteiger partial charge in [-0.05, 0) is 70.7 Å². The van der Waals surface area contributed by atoms with Gasteiger partial charge in [-0.15, -0.1) is 0 Å². The molecule has 1 aromatic heterocycles. The fraction of sp³-hybridized carbons (Fsp3) is 0.567. The van der Waals surface area contributed by atoms with E-state index in [9.17, 15) is 9.59 Å². The topological polar surface area (TPSA) is 75.3 Å². The normalized spacial score (nSPS) is 11.7. The summed E-state index contributed by atoms with van der Waals surface area (Å²) in [5, 5.41) is 0. The van der Waals surface area contributed by atoms with E-state index in [0.717, 1.165) is 19.3 Å². The molecule has 2 rings (SSSR count). The maximum absolute atomic E-state index is 12.9. The lowest BCUT2D eigenvalue weighted by atomic mass is 10.1. The van der Waals surface area contributed by atoms with Crippen molar-refractivity contribution in [3.8, 4) is 0 Å². The molecule has 0 bridgehead atoms. The van der Waals surface area contributed by atoms with Crippen molar-refractivity contribution in [1.82, 2.24) is 9.97 Å². The molecule has 198 valence electrons. The van der Waals surface area contributed by atoms with Crippen molar-refractivity contribution in [2.24, 2.45) is 0 Å². The molecule has 6 heteroatoms. The number of ether oxygens (including phenoxy) is 1. The van der Waals surface area contributed by atoms with Crippen LogP contribution in [0.1, 0.15) is 115 Å². The maximum atomic E-state index is 12.9. The van der Waals surface area contributed by atoms with Gasteiger partial charge in [0.25, 0.3) is 0 Å². The standard InChI is InChI=1S/C30H45N3O3/c1-5-6-7-8-9-10-11-12-13-14-15-16-17-24-33(29(35)36-30(2,3)4)26-20-18-25(19-21-26)27(34)28-31-22-23-32-28/h14-15,18-23H,5-13,16-17,24H2,1-4H3,(H,31,32). The highest BCUT2D eigenvalue weighted by Crippen LogP contribution is 2.21. The Balaban J connectivity index is 1.83. The molecular weight excluding hydrogens is 450 g/mol. The molecule has 0 atom stereocenters. The zero-order valence-electron chi connectivity index (χ0n) is 22.7. The van der Waals surface area contributed by atoms with E-state index in [1.54, 1.807) is 41.6 Å². The first-order valence-corrected chi connectivity index (χ1v) is 13.6. The van der Waals surface area contributed by atoms with Crippen LogP contribution in [0.25, 0.3) is 0 Å². The van der Waals surface area contributed by atoms with E-state index >= 15 is 0 Å². The Labute approximate surface area is 217 Å². The Hall–Kier alpha value is -2.89. The molecule has 0 saturated carbocycles. The Kier molecular flexibility index (Phi) is 13.0. The lowest BCUT2D eigenvalue weighted by Crippen LogP contribution is -2.37. The van der Waals surface area contributed by atoms with E-state index < -0.39 is 5.60 Å². The van der Waals surface area contributed by atoms with Crippen LogP contribution >= 0.6 is 0 Å². The number of rotatable bonds is 16. The molecule has 2 aromatic rings. The van der Waals surface area contributed by atoms with Crippen molar-refractivity contribution in [2.75, 3.05) is 11.4 Å². The van der Waals surface area contributed by atoms with Crippen molar-refractivity contribution < 1.29 is 14.3 Å². The minimum Gasteiger partial charge on any atom is -0.443 e. The van der Waals surface area contributed by atoms with Gasteiger partial charge in [0, 0.05) is 30.2 Å². The third kappa shape index (κ3) is 11.2. The zero-order chi connectivity index (χ0) is 26.2. The smallest absolute Gasteiger partial charge is 0.414 e. The molecule has 1 aromatic carbocycles. The van der Waals surface area contributed by atoms with Gasteiger partial charge in [0.2, 0.25) is 5.78 Å². The summed E-state index contributed by atoms with van der Waals surface area (Å²) in [5.74, 6) is 0.113. The number of anilines is 1. The fourth-order valence-corrected chi connectivity index (χ4v) is 3.96. The molecule has 0 unspecified atom stereocenters. The Morgan fingerprint density at radius 2 is 1.53 bits per heavy atom. The number of hydrogen-bond acceptors (Lipinski definition) is 4. The van der Waals surface area contributed by atoms with Crippen molar-refractivity contribution in [2.45, 2.75) is 104 Å². The van der Waals surface area contributed by atoms with Gasteiger partial charge in [-0.1, -0.05) is 64.0 Å². The number of hydrogen-bond donors (Lipinski definition) is 1. The molecule has 0 fully saturated rings. The molecule has 6 nitrogen and oxygen atoms in total. The molecule has 0 aliphatic carbocycles. The number of imidazole rings is 1. The molecular formula is C30H45N3O3. The first-order chi connectivity index (χ1) is 17.3. The van der Waals surface area contributed by atoms with Crippen LogP contribution in [-0.4, -0.2) is 34.0 Å². The van der Waals surface area contributed by atoms with Crippen molar-refractivity contribution in [3.63, 3.8) is 0 Å². The lowest BCUT2D eigenvalue weighted by molar-refractivity contribution is 0.0580. The van der Waals surface area contributed by atoms with E-state index in [0.29, 0.717) is 23.6 Å². The number of ketones is 1. The van der Waals surface area contributed by atoms with Crippen LogP contribution in [0.5, 0.6) is 0 Å². The van der Waals surface area contributed by atoms with E-state index in [2.05, 4.69) is 29.0 Å². The summed E-state index contributed by atoms with van der Waals surface area (Å²) < 4.78 is 5.64. The maximum Gasteiger partial charge on any atom is 0.414 e. The van der Waals surface area contributed by atoms with E-state index in [1.807, 2.05) is 20.8 Å². The number of nitrogens with one attached hydrogen (secondary N) is 1. The molecule has 0 aliphatic heterocycles. The van der Waals surface area contributed by atoms with Gasteiger partial charge in [0.15, 0.2) is 5.82 Å². The summed E-state index contributed by atoms with van der Waals surface area (Å²) in [5.41, 5.74) is 0.644. The molecule has 1 heterocycles. The third-order valence-corrected chi connectivity index (χ3v) is 5.91. The lowest BCUT2D eigenvalue weighted by Gasteiger charge is -2.27. The number of allylic oxidation sites excluding steroid dienone is 2. The van der Waals surface area contributed by atoms with Crippen LogP contribution in [0.4, 0.5) is 10.5 Å². The van der Waals surface area contributed by atoms with E-state index in [1.165, 1.54) is 51.4 Å². The molecule has 1 amide bonds. The quantitative estimate of drug-likeness (QED) is 0.144. The zero-order valence-corrected chi connectivity index (χ0v) is 22.7. The summed E-state index contributed by atoms with van der Waals surface area (Å²) in [6.07, 6.45) is 20.8. The van der Waals surface area contributed by atoms with Crippen LogP contribution < -0.4 is 4.90 Å². The predicted octanol–water partition coefficient (Wildman–Crippen LogP) is 8.25. The summed E-state index contributed by atoms with van der Waals surface area (Å²) >= 11 is 0. The minimum absolute atomic E-state index is 0.183. The van der Waals surface area contributed by atoms with Gasteiger partial charge in [0.1, 0.15) is 5.60 Å². The summed E-state index contributed by atoms with van der Waals surface area (Å²) in [6.45, 7) is 8.39. The van der Waals surface area contributed by atoms with Crippen LogP contribution in [0, 0.1) is 0 Å². The number of aromatic amines is 1. The van der Waals surface area contributed by atoms with E-state index in [-0.39, 0.29) is 11.9 Å². The average Bonchev–Trinajstić information content (AvgIpc) is 3.38. The summed E-state index contributed by atoms with van der Waals surface area (Å²) in [6, 6.07) is 7.03. The molecule has 0 radical (unpaired) electrons. The second kappa shape index (κ2) is 16.0. The number of carbonyl (C=O) groups is 2. The van der Waals surface area contributed by atoms with Gasteiger partial charge < -0.3 is 9.72 Å². The van der Waals surface area contributed by atoms with Gasteiger partial charge in [-0.3, -0.25) is 9.69 Å². The highest BCUT2D eigenvalue weighted by atomic mass is 16.6. The highest BCUT2D eigenvalue weighted by molar-refractivity contribution is 6.06. The SMILES string of the molecule is CCCCCCCCCCC=CCCCN(C(=O)OC(C)(C)C)c1ccc(C(=O)c2ncc[nH]2)cc1. The number of H-pyrrole nitrogens is 1. The first-order valence-electron chi connectivity index (χ1n) is 13.6. The molecule has 1 N–H and O–H groups in total. The van der Waals surface area contributed by atoms with Gasteiger partial charge in [-0.2, -0.15) is 0 Å². The first kappa shape index (κ1) is 29.3. The van der Waals surface area contributed by atoms with Crippen molar-refractivity contribution in [1.29, 1.82) is 0 Å². The monoisotopic (exact) mass is 495 g/mol. The van der Waals surface area contributed by atoms with Crippen molar-refractivity contribution >= 4 is 17.6 Å². The van der Waals surface area contributed by atoms with Crippen LogP contribution in [0.15, 0.2) is 48.8 Å². The Morgan fingerprint density at radius 1 is 0.917 bits per heavy atom. The highest BCUT2D eigenvalue weighted by Gasteiger charge is 2.23. The van der Waals surface area contributed by atoms with Crippen LogP contribution in [0.3, 0.4) is 0 Å². The Bertz CT molecular complexity index is 912. The Morgan fingerprint density at radius 3 is 2.11 bits per heavy atom. The summed E-state index contributed by atoms with van der Waals surface area (Å²) in [7, 11) is 0. The number of aromatic nitrogens is 2. The number of unbranched alkanes of at least 4 members (excludes halogenated alkanes) is 9. The molecule has 0 aliphatic rings. The van der Waals surface area contributed by atoms with Gasteiger partial charge in [0.05, 0.1) is 0 Å². The molecule has 36 heavy (non-hydrogen) atoms. The fourth-order valence-electron chi connectivity index (χ4n) is 3.96. The average molecular weight is 496 g/mol. The van der Waals surface area contributed by atoms with Gasteiger partial charge >= 0.3 is 6.09 Å².